The van der Waals surface area contributed by atoms with Gasteiger partial charge in [-0.25, -0.2) is 0 Å². The highest BCUT2D eigenvalue weighted by atomic mass is 16.5. The Kier molecular flexibility index (Phi) is 4.43. The molecule has 24 heavy (non-hydrogen) atoms. The number of nitriles is 1. The smallest absolute Gasteiger partial charge is 0.238 e. The van der Waals surface area contributed by atoms with E-state index >= 15 is 0 Å². The van der Waals surface area contributed by atoms with Gasteiger partial charge in [0.2, 0.25) is 11.8 Å². The summed E-state index contributed by atoms with van der Waals surface area (Å²) in [5.74, 6) is 2.44. The van der Waals surface area contributed by atoms with Gasteiger partial charge in [-0.15, -0.1) is 10.2 Å². The van der Waals surface area contributed by atoms with Gasteiger partial charge in [-0.05, 0) is 43.3 Å². The van der Waals surface area contributed by atoms with Crippen LogP contribution in [0.3, 0.4) is 0 Å². The lowest BCUT2D eigenvalue weighted by molar-refractivity contribution is 0.450. The zero-order chi connectivity index (χ0) is 16.9. The van der Waals surface area contributed by atoms with Crippen molar-refractivity contribution in [1.82, 2.24) is 10.2 Å². The summed E-state index contributed by atoms with van der Waals surface area (Å²) in [5.41, 5.74) is 1.48. The van der Waals surface area contributed by atoms with Crippen molar-refractivity contribution in [2.75, 3.05) is 5.32 Å². The average Bonchev–Trinajstić information content (AvgIpc) is 3.02. The molecule has 1 heterocycles. The minimum atomic E-state index is -0.114. The molecular formula is C18H16N4O2. The van der Waals surface area contributed by atoms with E-state index in [-0.39, 0.29) is 6.04 Å². The molecule has 0 saturated heterocycles. The van der Waals surface area contributed by atoms with Crippen molar-refractivity contribution in [3.8, 4) is 17.6 Å². The predicted molar refractivity (Wildman–Crippen MR) is 88.7 cm³/mol. The van der Waals surface area contributed by atoms with Crippen molar-refractivity contribution < 1.29 is 9.15 Å². The largest absolute Gasteiger partial charge is 0.457 e. The fraction of sp³-hybridized carbons (Fsp3) is 0.167. The minimum Gasteiger partial charge on any atom is -0.457 e. The molecule has 1 N–H and O–H groups in total. The first kappa shape index (κ1) is 15.6. The van der Waals surface area contributed by atoms with E-state index in [0.717, 1.165) is 5.69 Å². The van der Waals surface area contributed by atoms with Crippen LogP contribution in [-0.4, -0.2) is 10.2 Å². The Balaban J connectivity index is 1.70. The Hall–Kier alpha value is -3.33. The molecular weight excluding hydrogens is 304 g/mol. The van der Waals surface area contributed by atoms with Gasteiger partial charge >= 0.3 is 0 Å². The number of benzene rings is 2. The van der Waals surface area contributed by atoms with E-state index < -0.39 is 0 Å². The maximum absolute atomic E-state index is 8.82. The molecule has 2 aromatic carbocycles. The quantitative estimate of drug-likeness (QED) is 0.758. The van der Waals surface area contributed by atoms with Gasteiger partial charge in [0.05, 0.1) is 11.6 Å². The maximum Gasteiger partial charge on any atom is 0.238 e. The van der Waals surface area contributed by atoms with Crippen molar-refractivity contribution in [2.24, 2.45) is 0 Å². The van der Waals surface area contributed by atoms with Crippen LogP contribution < -0.4 is 10.1 Å². The Labute approximate surface area is 139 Å². The molecule has 0 aliphatic rings. The SMILES string of the molecule is Cc1nnc([C@H](C)Nc2cccc(Oc3ccc(C#N)cc3)c2)o1. The van der Waals surface area contributed by atoms with E-state index in [0.29, 0.717) is 28.8 Å². The summed E-state index contributed by atoms with van der Waals surface area (Å²) in [7, 11) is 0. The summed E-state index contributed by atoms with van der Waals surface area (Å²) in [5, 5.41) is 20.0. The summed E-state index contributed by atoms with van der Waals surface area (Å²) < 4.78 is 11.2. The van der Waals surface area contributed by atoms with Gasteiger partial charge in [0.25, 0.3) is 0 Å². The standard InChI is InChI=1S/C18H16N4O2/c1-12(18-22-21-13(2)23-18)20-15-4-3-5-17(10-15)24-16-8-6-14(11-19)7-9-16/h3-10,12,20H,1-2H3/t12-/m0/s1. The van der Waals surface area contributed by atoms with Crippen LogP contribution in [0.25, 0.3) is 0 Å². The number of nitrogens with one attached hydrogen (secondary N) is 1. The molecule has 1 aromatic heterocycles. The Bertz CT molecular complexity index is 865. The van der Waals surface area contributed by atoms with Crippen LogP contribution >= 0.6 is 0 Å². The molecule has 3 rings (SSSR count). The molecule has 120 valence electrons. The highest BCUT2D eigenvalue weighted by Gasteiger charge is 2.12. The molecule has 0 aliphatic heterocycles. The number of hydrogen-bond acceptors (Lipinski definition) is 6. The van der Waals surface area contributed by atoms with Gasteiger partial charge in [-0.3, -0.25) is 0 Å². The van der Waals surface area contributed by atoms with Gasteiger partial charge in [-0.1, -0.05) is 6.07 Å². The van der Waals surface area contributed by atoms with Gasteiger partial charge in [0.1, 0.15) is 17.5 Å². The van der Waals surface area contributed by atoms with E-state index in [9.17, 15) is 0 Å². The van der Waals surface area contributed by atoms with E-state index in [4.69, 9.17) is 14.4 Å². The third-order valence-corrected chi connectivity index (χ3v) is 3.35. The Morgan fingerprint density at radius 1 is 1.12 bits per heavy atom. The summed E-state index contributed by atoms with van der Waals surface area (Å²) in [6.07, 6.45) is 0. The molecule has 1 atom stereocenters. The molecule has 0 aliphatic carbocycles. The van der Waals surface area contributed by atoms with Crippen LogP contribution in [0.2, 0.25) is 0 Å². The van der Waals surface area contributed by atoms with E-state index in [2.05, 4.69) is 21.6 Å². The second-order valence-corrected chi connectivity index (χ2v) is 5.29. The molecule has 6 heteroatoms. The monoisotopic (exact) mass is 320 g/mol. The molecule has 0 amide bonds. The summed E-state index contributed by atoms with van der Waals surface area (Å²) in [6, 6.07) is 16.5. The number of anilines is 1. The first-order chi connectivity index (χ1) is 11.6. The van der Waals surface area contributed by atoms with E-state index in [1.54, 1.807) is 31.2 Å². The van der Waals surface area contributed by atoms with Crippen molar-refractivity contribution in [3.63, 3.8) is 0 Å². The summed E-state index contributed by atoms with van der Waals surface area (Å²) in [4.78, 5) is 0. The first-order valence-corrected chi connectivity index (χ1v) is 7.48. The van der Waals surface area contributed by atoms with Gasteiger partial charge in [0.15, 0.2) is 0 Å². The fourth-order valence-electron chi connectivity index (χ4n) is 2.18. The van der Waals surface area contributed by atoms with E-state index in [1.807, 2.05) is 31.2 Å². The predicted octanol–water partition coefficient (Wildman–Crippen LogP) is 4.22. The zero-order valence-electron chi connectivity index (χ0n) is 13.4. The highest BCUT2D eigenvalue weighted by molar-refractivity contribution is 5.50. The van der Waals surface area contributed by atoms with Crippen molar-refractivity contribution in [1.29, 1.82) is 5.26 Å². The van der Waals surface area contributed by atoms with E-state index in [1.165, 1.54) is 0 Å². The lowest BCUT2D eigenvalue weighted by atomic mass is 10.2. The minimum absolute atomic E-state index is 0.114. The molecule has 0 saturated carbocycles. The lowest BCUT2D eigenvalue weighted by Crippen LogP contribution is -2.07. The summed E-state index contributed by atoms with van der Waals surface area (Å²) in [6.45, 7) is 3.70. The molecule has 0 radical (unpaired) electrons. The maximum atomic E-state index is 8.82. The number of rotatable bonds is 5. The molecule has 0 unspecified atom stereocenters. The van der Waals surface area contributed by atoms with Crippen LogP contribution in [0.1, 0.15) is 30.3 Å². The van der Waals surface area contributed by atoms with Crippen molar-refractivity contribution in [3.05, 3.63) is 65.9 Å². The molecule has 0 spiro atoms. The second kappa shape index (κ2) is 6.84. The number of aromatic nitrogens is 2. The Morgan fingerprint density at radius 3 is 2.58 bits per heavy atom. The third-order valence-electron chi connectivity index (χ3n) is 3.35. The second-order valence-electron chi connectivity index (χ2n) is 5.29. The molecule has 0 bridgehead atoms. The fourth-order valence-corrected chi connectivity index (χ4v) is 2.18. The molecule has 6 nitrogen and oxygen atoms in total. The highest BCUT2D eigenvalue weighted by Crippen LogP contribution is 2.26. The lowest BCUT2D eigenvalue weighted by Gasteiger charge is -2.13. The number of nitrogens with zero attached hydrogens (tertiary/aromatic N) is 3. The number of ether oxygens (including phenoxy) is 1. The third kappa shape index (κ3) is 3.70. The normalized spacial score (nSPS) is 11.5. The van der Waals surface area contributed by atoms with Crippen LogP contribution in [0.5, 0.6) is 11.5 Å². The van der Waals surface area contributed by atoms with Crippen LogP contribution in [0, 0.1) is 18.3 Å². The zero-order valence-corrected chi connectivity index (χ0v) is 13.4. The van der Waals surface area contributed by atoms with Crippen LogP contribution in [-0.2, 0) is 0 Å². The van der Waals surface area contributed by atoms with Crippen molar-refractivity contribution in [2.45, 2.75) is 19.9 Å². The first-order valence-electron chi connectivity index (χ1n) is 7.48. The number of hydrogen-bond donors (Lipinski definition) is 1. The Morgan fingerprint density at radius 2 is 1.92 bits per heavy atom. The van der Waals surface area contributed by atoms with Crippen LogP contribution in [0.4, 0.5) is 5.69 Å². The van der Waals surface area contributed by atoms with Gasteiger partial charge in [-0.2, -0.15) is 5.26 Å². The topological polar surface area (TPSA) is 84.0 Å². The molecule has 3 aromatic rings. The average molecular weight is 320 g/mol. The van der Waals surface area contributed by atoms with Gasteiger partial charge in [0, 0.05) is 18.7 Å². The van der Waals surface area contributed by atoms with Gasteiger partial charge < -0.3 is 14.5 Å². The van der Waals surface area contributed by atoms with Crippen molar-refractivity contribution >= 4 is 5.69 Å². The van der Waals surface area contributed by atoms with Crippen LogP contribution in [0.15, 0.2) is 52.9 Å². The summed E-state index contributed by atoms with van der Waals surface area (Å²) >= 11 is 0. The molecule has 0 fully saturated rings. The number of aryl methyl sites for hydroxylation is 1.